The van der Waals surface area contributed by atoms with Crippen LogP contribution in [0.25, 0.3) is 22.2 Å². The Hall–Kier alpha value is -4.47. The minimum Gasteiger partial charge on any atom is -0.455 e. The van der Waals surface area contributed by atoms with E-state index in [0.717, 1.165) is 22.2 Å². The molecule has 0 bridgehead atoms. The first kappa shape index (κ1) is 21.8. The zero-order chi connectivity index (χ0) is 23.7. The fourth-order valence-electron chi connectivity index (χ4n) is 3.50. The minimum atomic E-state index is -0.533. The molecule has 0 spiro atoms. The molecule has 0 aliphatic heterocycles. The zero-order valence-corrected chi connectivity index (χ0v) is 18.3. The monoisotopic (exact) mass is 446 g/mol. The molecule has 4 aromatic rings. The van der Waals surface area contributed by atoms with Gasteiger partial charge in [0.05, 0.1) is 10.6 Å². The molecular weight excluding hydrogens is 424 g/mol. The van der Waals surface area contributed by atoms with E-state index in [0.29, 0.717) is 11.5 Å². The van der Waals surface area contributed by atoms with E-state index in [1.165, 1.54) is 25.1 Å². The molecule has 10 heteroatoms. The number of carbonyl (C=O) groups excluding carboxylic acids is 1. The predicted octanol–water partition coefficient (Wildman–Crippen LogP) is 4.92. The fourth-order valence-corrected chi connectivity index (χ4v) is 3.50. The normalized spacial score (nSPS) is 11.0. The predicted molar refractivity (Wildman–Crippen MR) is 125 cm³/mol. The highest BCUT2D eigenvalue weighted by Gasteiger charge is 2.16. The Kier molecular flexibility index (Phi) is 5.65. The number of nitro benzene ring substituents is 1. The lowest BCUT2D eigenvalue weighted by atomic mass is 10.1. The van der Waals surface area contributed by atoms with Crippen molar-refractivity contribution in [3.63, 3.8) is 0 Å². The van der Waals surface area contributed by atoms with Crippen LogP contribution in [0.4, 0.5) is 17.3 Å². The Labute approximate surface area is 189 Å². The quantitative estimate of drug-likeness (QED) is 0.316. The topological polar surface area (TPSA) is 138 Å². The maximum absolute atomic E-state index is 11.5. The van der Waals surface area contributed by atoms with Crippen LogP contribution in [0.3, 0.4) is 0 Å². The van der Waals surface area contributed by atoms with Gasteiger partial charge in [-0.2, -0.15) is 4.98 Å². The van der Waals surface area contributed by atoms with Gasteiger partial charge in [-0.25, -0.2) is 4.98 Å². The lowest BCUT2D eigenvalue weighted by molar-refractivity contribution is -0.384. The molecule has 0 saturated heterocycles. The van der Waals surface area contributed by atoms with Crippen molar-refractivity contribution in [2.75, 3.05) is 11.1 Å². The highest BCUT2D eigenvalue weighted by Crippen LogP contribution is 2.35. The first-order chi connectivity index (χ1) is 15.7. The summed E-state index contributed by atoms with van der Waals surface area (Å²) in [5.74, 6) is 0.659. The Bertz CT molecular complexity index is 1360. The number of non-ortho nitro benzene ring substituents is 1. The van der Waals surface area contributed by atoms with Crippen molar-refractivity contribution < 1.29 is 14.5 Å². The summed E-state index contributed by atoms with van der Waals surface area (Å²) in [6.07, 6.45) is 3.73. The molecule has 2 aromatic carbocycles. The van der Waals surface area contributed by atoms with Crippen molar-refractivity contribution in [2.24, 2.45) is 0 Å². The number of amides is 1. The third-order valence-electron chi connectivity index (χ3n) is 5.02. The van der Waals surface area contributed by atoms with E-state index in [1.54, 1.807) is 18.3 Å². The Morgan fingerprint density at radius 2 is 1.94 bits per heavy atom. The molecule has 0 aliphatic carbocycles. The van der Waals surface area contributed by atoms with Crippen LogP contribution in [0.5, 0.6) is 11.5 Å². The van der Waals surface area contributed by atoms with Crippen LogP contribution in [0.1, 0.15) is 26.8 Å². The number of hydrogen-bond acceptors (Lipinski definition) is 7. The zero-order valence-electron chi connectivity index (χ0n) is 18.3. The van der Waals surface area contributed by atoms with E-state index in [-0.39, 0.29) is 29.3 Å². The first-order valence-corrected chi connectivity index (χ1v) is 10.2. The van der Waals surface area contributed by atoms with Crippen LogP contribution in [0.2, 0.25) is 0 Å². The van der Waals surface area contributed by atoms with Gasteiger partial charge in [0.15, 0.2) is 5.75 Å². The molecule has 0 unspecified atom stereocenters. The van der Waals surface area contributed by atoms with Crippen LogP contribution in [-0.2, 0) is 4.79 Å². The number of carbonyl (C=O) groups is 1. The van der Waals surface area contributed by atoms with Gasteiger partial charge in [0.2, 0.25) is 11.9 Å². The molecule has 3 N–H and O–H groups in total. The number of nitro groups is 1. The summed E-state index contributed by atoms with van der Waals surface area (Å²) < 4.78 is 7.94. The summed E-state index contributed by atoms with van der Waals surface area (Å²) in [6.45, 7) is 5.45. The smallest absolute Gasteiger partial charge is 0.271 e. The van der Waals surface area contributed by atoms with Gasteiger partial charge in [0.25, 0.3) is 5.69 Å². The Morgan fingerprint density at radius 3 is 2.58 bits per heavy atom. The number of nitrogens with two attached hydrogens (primary N) is 1. The molecule has 4 rings (SSSR count). The highest BCUT2D eigenvalue weighted by atomic mass is 16.6. The molecule has 0 radical (unpaired) electrons. The van der Waals surface area contributed by atoms with E-state index in [4.69, 9.17) is 10.5 Å². The number of nitrogens with zero attached hydrogens (tertiary/aromatic N) is 4. The van der Waals surface area contributed by atoms with Crippen LogP contribution in [0.15, 0.2) is 54.9 Å². The largest absolute Gasteiger partial charge is 0.455 e. The number of fused-ring (bicyclic) bond motifs is 1. The van der Waals surface area contributed by atoms with Crippen LogP contribution < -0.4 is 15.8 Å². The summed E-state index contributed by atoms with van der Waals surface area (Å²) in [6, 6.07) is 11.6. The van der Waals surface area contributed by atoms with Crippen molar-refractivity contribution in [1.82, 2.24) is 14.5 Å². The van der Waals surface area contributed by atoms with E-state index in [2.05, 4.69) is 29.1 Å². The molecular formula is C23H22N6O4. The van der Waals surface area contributed by atoms with Gasteiger partial charge >= 0.3 is 0 Å². The maximum atomic E-state index is 11.5. The molecule has 33 heavy (non-hydrogen) atoms. The van der Waals surface area contributed by atoms with E-state index >= 15 is 0 Å². The summed E-state index contributed by atoms with van der Waals surface area (Å²) in [4.78, 5) is 30.6. The number of benzene rings is 2. The van der Waals surface area contributed by atoms with Crippen molar-refractivity contribution in [2.45, 2.75) is 26.8 Å². The molecule has 0 atom stereocenters. The van der Waals surface area contributed by atoms with Gasteiger partial charge in [0, 0.05) is 48.4 Å². The third-order valence-corrected chi connectivity index (χ3v) is 5.02. The Morgan fingerprint density at radius 1 is 1.21 bits per heavy atom. The second kappa shape index (κ2) is 8.58. The Balaban J connectivity index is 1.67. The number of hydrogen-bond donors (Lipinski definition) is 2. The second-order valence-corrected chi connectivity index (χ2v) is 7.75. The molecule has 2 aromatic heterocycles. The fraction of sp³-hybridized carbons (Fsp3) is 0.174. The van der Waals surface area contributed by atoms with Gasteiger partial charge in [-0.1, -0.05) is 12.1 Å². The molecule has 0 aliphatic rings. The average Bonchev–Trinajstić information content (AvgIpc) is 3.14. The van der Waals surface area contributed by atoms with Gasteiger partial charge < -0.3 is 20.4 Å². The van der Waals surface area contributed by atoms with E-state index < -0.39 is 4.92 Å². The third kappa shape index (κ3) is 4.45. The second-order valence-electron chi connectivity index (χ2n) is 7.75. The van der Waals surface area contributed by atoms with Crippen molar-refractivity contribution in [1.29, 1.82) is 0 Å². The summed E-state index contributed by atoms with van der Waals surface area (Å²) in [5, 5.41) is 14.5. The number of rotatable bonds is 6. The van der Waals surface area contributed by atoms with Gasteiger partial charge in [-0.05, 0) is 37.6 Å². The van der Waals surface area contributed by atoms with Crippen LogP contribution in [-0.4, -0.2) is 25.4 Å². The van der Waals surface area contributed by atoms with Crippen LogP contribution >= 0.6 is 0 Å². The number of aromatic nitrogens is 3. The number of nitrogens with one attached hydrogen (secondary N) is 1. The molecule has 0 saturated carbocycles. The average molecular weight is 446 g/mol. The standard InChI is InChI=1S/C23H22N6O4/c1-13(2)28-12-19(18-11-25-23(24)27-22(18)28)15-4-7-17(8-5-15)33-21-9-6-16(29(31)32)10-20(21)26-14(3)30/h4-13H,1-3H3,(H,26,30)(H2,24,25,27). The van der Waals surface area contributed by atoms with Gasteiger partial charge in [0.1, 0.15) is 11.4 Å². The summed E-state index contributed by atoms with van der Waals surface area (Å²) >= 11 is 0. The minimum absolute atomic E-state index is 0.147. The maximum Gasteiger partial charge on any atom is 0.271 e. The van der Waals surface area contributed by atoms with Gasteiger partial charge in [-0.15, -0.1) is 0 Å². The summed E-state index contributed by atoms with van der Waals surface area (Å²) in [5.41, 5.74) is 8.51. The van der Waals surface area contributed by atoms with E-state index in [1.807, 2.05) is 22.9 Å². The van der Waals surface area contributed by atoms with Crippen molar-refractivity contribution in [3.05, 3.63) is 65.0 Å². The summed E-state index contributed by atoms with van der Waals surface area (Å²) in [7, 11) is 0. The van der Waals surface area contributed by atoms with E-state index in [9.17, 15) is 14.9 Å². The molecule has 10 nitrogen and oxygen atoms in total. The lowest BCUT2D eigenvalue weighted by Gasteiger charge is -2.12. The highest BCUT2D eigenvalue weighted by molar-refractivity contribution is 5.94. The molecule has 2 heterocycles. The molecule has 168 valence electrons. The SMILES string of the molecule is CC(=O)Nc1cc([N+](=O)[O-])ccc1Oc1ccc(-c2cn(C(C)C)c3nc(N)ncc23)cc1. The lowest BCUT2D eigenvalue weighted by Crippen LogP contribution is -2.07. The van der Waals surface area contributed by atoms with Gasteiger partial charge in [-0.3, -0.25) is 14.9 Å². The van der Waals surface area contributed by atoms with Crippen molar-refractivity contribution in [3.8, 4) is 22.6 Å². The number of nitrogen functional groups attached to an aromatic ring is 1. The molecule has 0 fully saturated rings. The number of anilines is 2. The number of ether oxygens (including phenoxy) is 1. The van der Waals surface area contributed by atoms with Crippen LogP contribution in [0, 0.1) is 10.1 Å². The van der Waals surface area contributed by atoms with Crippen molar-refractivity contribution >= 4 is 34.3 Å². The molecule has 1 amide bonds. The first-order valence-electron chi connectivity index (χ1n) is 10.2.